The number of fused-ring (bicyclic) bond motifs is 1. The Morgan fingerprint density at radius 1 is 1.17 bits per heavy atom. The second kappa shape index (κ2) is 8.50. The Balaban J connectivity index is 1.68. The van der Waals surface area contributed by atoms with Crippen molar-refractivity contribution < 1.29 is 14.3 Å². The fourth-order valence-electron chi connectivity index (χ4n) is 4.34. The summed E-state index contributed by atoms with van der Waals surface area (Å²) in [4.78, 5) is 28.7. The van der Waals surface area contributed by atoms with Crippen molar-refractivity contribution in [1.82, 2.24) is 5.32 Å². The molecule has 1 aliphatic heterocycles. The largest absolute Gasteiger partial charge is 0.446 e. The number of hydrogen-bond donors (Lipinski definition) is 2. The fraction of sp³-hybridized carbons (Fsp3) is 0.522. The number of hydrogen-bond acceptors (Lipinski definition) is 5. The van der Waals surface area contributed by atoms with Gasteiger partial charge in [0.2, 0.25) is 5.91 Å². The molecule has 1 heterocycles. The Hall–Kier alpha value is -2.83. The molecule has 1 atom stereocenters. The summed E-state index contributed by atoms with van der Waals surface area (Å²) >= 11 is 0. The standard InChI is InChI=1S/C23H30N4O3/c1-15-14-26(23(29)30-20-5-3-4-6-20)22-11-17(7-10-21(22)27(15)16(2)28)18(12-24)13-25-19-8-9-19/h7,10-13,15,19-20,24-25H,3-6,8-9,14H2,1-2H3/b18-13+,24-12?. The summed E-state index contributed by atoms with van der Waals surface area (Å²) in [6.07, 6.45) is 9.11. The van der Waals surface area contributed by atoms with Crippen molar-refractivity contribution >= 4 is 35.2 Å². The zero-order chi connectivity index (χ0) is 21.3. The van der Waals surface area contributed by atoms with Gasteiger partial charge < -0.3 is 20.4 Å². The molecular weight excluding hydrogens is 380 g/mol. The Bertz CT molecular complexity index is 871. The number of allylic oxidation sites excluding steroid dienone is 1. The minimum atomic E-state index is -0.355. The highest BCUT2D eigenvalue weighted by Gasteiger charge is 2.35. The van der Waals surface area contributed by atoms with E-state index >= 15 is 0 Å². The zero-order valence-electron chi connectivity index (χ0n) is 17.7. The molecule has 1 aromatic carbocycles. The van der Waals surface area contributed by atoms with Crippen LogP contribution in [-0.4, -0.2) is 42.9 Å². The molecule has 0 aromatic heterocycles. The van der Waals surface area contributed by atoms with Gasteiger partial charge in [0, 0.05) is 37.5 Å². The molecule has 2 fully saturated rings. The first-order chi connectivity index (χ1) is 14.5. The smallest absolute Gasteiger partial charge is 0.414 e. The number of amides is 2. The van der Waals surface area contributed by atoms with Crippen molar-refractivity contribution in [3.63, 3.8) is 0 Å². The molecule has 160 valence electrons. The molecule has 1 unspecified atom stereocenters. The Kier molecular flexibility index (Phi) is 5.79. The molecule has 0 radical (unpaired) electrons. The summed E-state index contributed by atoms with van der Waals surface area (Å²) in [5, 5.41) is 11.1. The number of ether oxygens (including phenoxy) is 1. The quantitative estimate of drug-likeness (QED) is 0.717. The van der Waals surface area contributed by atoms with Gasteiger partial charge in [-0.1, -0.05) is 6.07 Å². The van der Waals surface area contributed by atoms with Crippen molar-refractivity contribution in [2.24, 2.45) is 0 Å². The van der Waals surface area contributed by atoms with E-state index in [0.29, 0.717) is 24.0 Å². The van der Waals surface area contributed by atoms with E-state index in [9.17, 15) is 9.59 Å². The monoisotopic (exact) mass is 410 g/mol. The molecule has 0 bridgehead atoms. The Labute approximate surface area is 177 Å². The molecule has 7 heteroatoms. The van der Waals surface area contributed by atoms with Crippen LogP contribution in [0, 0.1) is 5.41 Å². The van der Waals surface area contributed by atoms with Gasteiger partial charge in [0.15, 0.2) is 0 Å². The lowest BCUT2D eigenvalue weighted by atomic mass is 10.0. The molecule has 2 saturated carbocycles. The van der Waals surface area contributed by atoms with Gasteiger partial charge in [-0.3, -0.25) is 9.69 Å². The average molecular weight is 411 g/mol. The average Bonchev–Trinajstić information content (AvgIpc) is 3.41. The van der Waals surface area contributed by atoms with Crippen LogP contribution in [0.4, 0.5) is 16.2 Å². The Morgan fingerprint density at radius 3 is 2.53 bits per heavy atom. The lowest BCUT2D eigenvalue weighted by Gasteiger charge is -2.40. The maximum Gasteiger partial charge on any atom is 0.414 e. The third kappa shape index (κ3) is 4.20. The molecule has 3 aliphatic rings. The SMILES string of the molecule is CC(=O)N1c2ccc(/C(C=N)=C/NC3CC3)cc2N(C(=O)OC2CCCC2)CC1C. The predicted octanol–water partition coefficient (Wildman–Crippen LogP) is 4.07. The van der Waals surface area contributed by atoms with Crippen LogP contribution in [0.25, 0.3) is 5.57 Å². The minimum absolute atomic E-state index is 0.0231. The van der Waals surface area contributed by atoms with Crippen LogP contribution in [0.3, 0.4) is 0 Å². The van der Waals surface area contributed by atoms with Gasteiger partial charge in [-0.2, -0.15) is 0 Å². The van der Waals surface area contributed by atoms with Crippen LogP contribution in [0.5, 0.6) is 0 Å². The summed E-state index contributed by atoms with van der Waals surface area (Å²) in [6, 6.07) is 6.00. The van der Waals surface area contributed by atoms with Gasteiger partial charge in [-0.15, -0.1) is 0 Å². The number of benzene rings is 1. The van der Waals surface area contributed by atoms with Crippen LogP contribution >= 0.6 is 0 Å². The van der Waals surface area contributed by atoms with E-state index in [1.807, 2.05) is 31.3 Å². The number of rotatable bonds is 5. The second-order valence-electron chi connectivity index (χ2n) is 8.53. The molecule has 7 nitrogen and oxygen atoms in total. The van der Waals surface area contributed by atoms with Crippen LogP contribution in [-0.2, 0) is 9.53 Å². The normalized spacial score (nSPS) is 21.9. The predicted molar refractivity (Wildman–Crippen MR) is 118 cm³/mol. The van der Waals surface area contributed by atoms with Crippen molar-refractivity contribution in [1.29, 1.82) is 5.41 Å². The van der Waals surface area contributed by atoms with Crippen LogP contribution < -0.4 is 15.1 Å². The molecule has 2 amide bonds. The number of carbonyl (C=O) groups is 2. The van der Waals surface area contributed by atoms with E-state index in [-0.39, 0.29) is 24.1 Å². The number of nitrogens with zero attached hydrogens (tertiary/aromatic N) is 2. The first kappa shape index (κ1) is 20.4. The highest BCUT2D eigenvalue weighted by Crippen LogP contribution is 2.38. The topological polar surface area (TPSA) is 85.7 Å². The molecule has 0 spiro atoms. The maximum atomic E-state index is 13.0. The first-order valence-electron chi connectivity index (χ1n) is 10.9. The van der Waals surface area contributed by atoms with Gasteiger partial charge in [0.05, 0.1) is 17.4 Å². The lowest BCUT2D eigenvalue weighted by molar-refractivity contribution is -0.117. The van der Waals surface area contributed by atoms with Crippen molar-refractivity contribution in [2.45, 2.75) is 70.6 Å². The highest BCUT2D eigenvalue weighted by atomic mass is 16.6. The number of carbonyl (C=O) groups excluding carboxylic acids is 2. The van der Waals surface area contributed by atoms with Gasteiger partial charge >= 0.3 is 6.09 Å². The van der Waals surface area contributed by atoms with Gasteiger partial charge in [-0.25, -0.2) is 4.79 Å². The van der Waals surface area contributed by atoms with Gasteiger partial charge in [0.25, 0.3) is 0 Å². The number of nitrogens with one attached hydrogen (secondary N) is 2. The van der Waals surface area contributed by atoms with Crippen LogP contribution in [0.1, 0.15) is 57.9 Å². The molecular formula is C23H30N4O3. The van der Waals surface area contributed by atoms with Gasteiger partial charge in [-0.05, 0) is 63.1 Å². The van der Waals surface area contributed by atoms with Crippen molar-refractivity contribution in [3.05, 3.63) is 30.0 Å². The van der Waals surface area contributed by atoms with Crippen LogP contribution in [0.2, 0.25) is 0 Å². The molecule has 2 aliphatic carbocycles. The third-order valence-electron chi connectivity index (χ3n) is 6.08. The maximum absolute atomic E-state index is 13.0. The Morgan fingerprint density at radius 2 is 1.90 bits per heavy atom. The summed E-state index contributed by atoms with van der Waals surface area (Å²) in [5.74, 6) is -0.0569. The summed E-state index contributed by atoms with van der Waals surface area (Å²) in [7, 11) is 0. The van der Waals surface area contributed by atoms with E-state index in [4.69, 9.17) is 10.1 Å². The lowest BCUT2D eigenvalue weighted by Crippen LogP contribution is -2.51. The van der Waals surface area contributed by atoms with E-state index in [1.54, 1.807) is 16.7 Å². The van der Waals surface area contributed by atoms with Crippen molar-refractivity contribution in [2.75, 3.05) is 16.3 Å². The zero-order valence-corrected chi connectivity index (χ0v) is 17.7. The highest BCUT2D eigenvalue weighted by molar-refractivity contribution is 6.10. The molecule has 30 heavy (non-hydrogen) atoms. The fourth-order valence-corrected chi connectivity index (χ4v) is 4.34. The first-order valence-corrected chi connectivity index (χ1v) is 10.9. The molecule has 2 N–H and O–H groups in total. The van der Waals surface area contributed by atoms with E-state index in [1.165, 1.54) is 6.21 Å². The number of anilines is 2. The van der Waals surface area contributed by atoms with Gasteiger partial charge in [0.1, 0.15) is 6.10 Å². The summed E-state index contributed by atoms with van der Waals surface area (Å²) in [5.41, 5.74) is 2.92. The van der Waals surface area contributed by atoms with E-state index in [0.717, 1.165) is 49.7 Å². The summed E-state index contributed by atoms with van der Waals surface area (Å²) in [6.45, 7) is 3.87. The van der Waals surface area contributed by atoms with Crippen LogP contribution in [0.15, 0.2) is 24.4 Å². The molecule has 4 rings (SSSR count). The molecule has 1 aromatic rings. The molecule has 0 saturated heterocycles. The van der Waals surface area contributed by atoms with E-state index < -0.39 is 0 Å². The summed E-state index contributed by atoms with van der Waals surface area (Å²) < 4.78 is 5.78. The minimum Gasteiger partial charge on any atom is -0.446 e. The second-order valence-corrected chi connectivity index (χ2v) is 8.53. The van der Waals surface area contributed by atoms with Crippen molar-refractivity contribution in [3.8, 4) is 0 Å². The third-order valence-corrected chi connectivity index (χ3v) is 6.08. The van der Waals surface area contributed by atoms with E-state index in [2.05, 4.69) is 5.32 Å².